The quantitative estimate of drug-likeness (QED) is 0.140. The second-order valence-corrected chi connectivity index (χ2v) is 16.2. The summed E-state index contributed by atoms with van der Waals surface area (Å²) >= 11 is 0. The van der Waals surface area contributed by atoms with Gasteiger partial charge in [0.2, 0.25) is 17.6 Å². The third-order valence-corrected chi connectivity index (χ3v) is 11.4. The molecule has 3 atom stereocenters. The number of alkyl halides is 1. The summed E-state index contributed by atoms with van der Waals surface area (Å²) in [4.78, 5) is 55.6. The zero-order valence-electron chi connectivity index (χ0n) is 32.7. The number of unbranched alkanes of at least 4 members (excludes halogenated alkanes) is 1. The molecule has 54 heavy (non-hydrogen) atoms. The van der Waals surface area contributed by atoms with Crippen LogP contribution >= 0.6 is 0 Å². The number of nitrogens with one attached hydrogen (secondary N) is 2. The number of ether oxygens (including phenoxy) is 4. The minimum absolute atomic E-state index is 0.0120. The Labute approximate surface area is 318 Å². The molecule has 0 radical (unpaired) electrons. The first kappa shape index (κ1) is 41.5. The van der Waals surface area contributed by atoms with Gasteiger partial charge in [0.25, 0.3) is 0 Å². The number of furan rings is 1. The monoisotopic (exact) mass is 757 g/mol. The summed E-state index contributed by atoms with van der Waals surface area (Å²) in [6.07, 6.45) is 8.33. The molecule has 3 aliphatic rings. The van der Waals surface area contributed by atoms with Crippen molar-refractivity contribution in [3.8, 4) is 0 Å². The van der Waals surface area contributed by atoms with Crippen LogP contribution in [0.2, 0.25) is 0 Å². The van der Waals surface area contributed by atoms with Crippen molar-refractivity contribution in [3.63, 3.8) is 0 Å². The number of benzene rings is 1. The number of hydrogen-bond acceptors (Lipinski definition) is 9. The van der Waals surface area contributed by atoms with Crippen LogP contribution in [0.25, 0.3) is 11.0 Å². The zero-order chi connectivity index (χ0) is 38.8. The molecule has 1 aliphatic heterocycles. The number of methoxy groups -OCH3 is 2. The molecule has 300 valence electrons. The Morgan fingerprint density at radius 1 is 0.944 bits per heavy atom. The van der Waals surface area contributed by atoms with E-state index in [0.29, 0.717) is 67.8 Å². The lowest BCUT2D eigenvalue weighted by molar-refractivity contribution is -0.142. The Balaban J connectivity index is 1.26. The fourth-order valence-electron chi connectivity index (χ4n) is 8.67. The Morgan fingerprint density at radius 3 is 2.33 bits per heavy atom. The number of esters is 1. The molecule has 2 aliphatic carbocycles. The summed E-state index contributed by atoms with van der Waals surface area (Å²) in [6, 6.07) is 5.83. The van der Waals surface area contributed by atoms with Crippen LogP contribution in [0, 0.1) is 23.7 Å². The van der Waals surface area contributed by atoms with Gasteiger partial charge in [0.1, 0.15) is 17.2 Å². The Bertz CT molecular complexity index is 1560. The molecule has 13 heteroatoms. The first-order valence-corrected chi connectivity index (χ1v) is 19.8. The standard InChI is InChI=1S/C41H60FN3O9/c1-41(2,3)54-40(49)44-33(18-20-42)27-8-10-28(11-9-27)38(47)45-21-19-32(26-12-15-31(51-5)16-13-26)36(45)37(46)43-30-14-17-34-29(24-30)25-35(53-34)39(48)52-23-7-6-22-50-4/h14,17,24-28,31-33,36H,6-13,15-16,18-23H2,1-5H3,(H,43,46)(H,44,49)/t26?,27?,28?,31?,32-,33+,36-/m0/s1. The van der Waals surface area contributed by atoms with Gasteiger partial charge in [0, 0.05) is 50.4 Å². The van der Waals surface area contributed by atoms with Crippen molar-refractivity contribution in [2.75, 3.05) is 46.0 Å². The van der Waals surface area contributed by atoms with Crippen LogP contribution in [0.4, 0.5) is 14.9 Å². The molecule has 2 N–H and O–H groups in total. The maximum Gasteiger partial charge on any atom is 0.407 e. The first-order valence-electron chi connectivity index (χ1n) is 19.8. The molecule has 1 saturated heterocycles. The maximum atomic E-state index is 14.3. The molecule has 2 heterocycles. The fourth-order valence-corrected chi connectivity index (χ4v) is 8.67. The molecule has 3 fully saturated rings. The number of hydrogen-bond donors (Lipinski definition) is 2. The van der Waals surface area contributed by atoms with E-state index in [4.69, 9.17) is 23.4 Å². The van der Waals surface area contributed by atoms with Crippen LogP contribution in [-0.2, 0) is 28.5 Å². The molecule has 0 bridgehead atoms. The van der Waals surface area contributed by atoms with Gasteiger partial charge in [-0.05, 0) is 140 Å². The highest BCUT2D eigenvalue weighted by atomic mass is 19.1. The van der Waals surface area contributed by atoms with Crippen molar-refractivity contribution < 1.29 is 46.9 Å². The van der Waals surface area contributed by atoms with E-state index < -0.39 is 30.4 Å². The van der Waals surface area contributed by atoms with Crippen LogP contribution in [0.3, 0.4) is 0 Å². The maximum absolute atomic E-state index is 14.3. The first-order chi connectivity index (χ1) is 25.9. The predicted octanol–water partition coefficient (Wildman–Crippen LogP) is 7.44. The lowest BCUT2D eigenvalue weighted by atomic mass is 9.75. The van der Waals surface area contributed by atoms with Gasteiger partial charge in [-0.1, -0.05) is 0 Å². The molecule has 1 aromatic carbocycles. The van der Waals surface area contributed by atoms with E-state index in [1.165, 1.54) is 0 Å². The van der Waals surface area contributed by atoms with E-state index in [-0.39, 0.29) is 60.5 Å². The van der Waals surface area contributed by atoms with Crippen molar-refractivity contribution >= 4 is 40.5 Å². The van der Waals surface area contributed by atoms with Gasteiger partial charge in [-0.2, -0.15) is 0 Å². The minimum atomic E-state index is -0.663. The Morgan fingerprint density at radius 2 is 1.67 bits per heavy atom. The van der Waals surface area contributed by atoms with Crippen molar-refractivity contribution in [2.24, 2.45) is 23.7 Å². The summed E-state index contributed by atoms with van der Waals surface area (Å²) in [5.41, 5.74) is 0.379. The van der Waals surface area contributed by atoms with Crippen LogP contribution < -0.4 is 10.6 Å². The summed E-state index contributed by atoms with van der Waals surface area (Å²) in [5.74, 6) is -0.626. The fraction of sp³-hybridized carbons (Fsp3) is 0.707. The van der Waals surface area contributed by atoms with E-state index in [1.54, 1.807) is 59.3 Å². The number of alkyl carbamates (subject to hydrolysis) is 1. The van der Waals surface area contributed by atoms with Crippen molar-refractivity contribution in [3.05, 3.63) is 30.0 Å². The third-order valence-electron chi connectivity index (χ3n) is 11.4. The molecule has 12 nitrogen and oxygen atoms in total. The number of amides is 3. The van der Waals surface area contributed by atoms with Gasteiger partial charge in [-0.25, -0.2) is 9.59 Å². The van der Waals surface area contributed by atoms with Crippen molar-refractivity contribution in [2.45, 2.75) is 122 Å². The number of fused-ring (bicyclic) bond motifs is 1. The van der Waals surface area contributed by atoms with E-state index in [2.05, 4.69) is 10.6 Å². The topological polar surface area (TPSA) is 146 Å². The van der Waals surface area contributed by atoms with Gasteiger partial charge in [0.05, 0.1) is 19.4 Å². The normalized spacial score (nSPS) is 25.3. The number of anilines is 1. The lowest BCUT2D eigenvalue weighted by Gasteiger charge is -2.38. The SMILES string of the molecule is COCCCCOC(=O)c1cc2cc(NC(=O)[C@@H]3[C@H](C4CCC(OC)CC4)CCN3C(=O)C3CCC([C@@H](CCF)NC(=O)OC(C)(C)C)CC3)ccc2o1. The molecule has 1 aromatic heterocycles. The minimum Gasteiger partial charge on any atom is -0.460 e. The number of carbonyl (C=O) groups excluding carboxylic acids is 4. The number of rotatable bonds is 15. The molecule has 2 aromatic rings. The summed E-state index contributed by atoms with van der Waals surface area (Å²) in [7, 11) is 3.37. The zero-order valence-corrected chi connectivity index (χ0v) is 32.7. The summed E-state index contributed by atoms with van der Waals surface area (Å²) < 4.78 is 40.8. The number of nitrogens with zero attached hydrogens (tertiary/aromatic N) is 1. The van der Waals surface area contributed by atoms with Gasteiger partial charge in [-0.3, -0.25) is 14.0 Å². The van der Waals surface area contributed by atoms with Crippen LogP contribution in [0.1, 0.15) is 108 Å². The van der Waals surface area contributed by atoms with Crippen molar-refractivity contribution in [1.82, 2.24) is 10.2 Å². The molecular weight excluding hydrogens is 697 g/mol. The Kier molecular flexibility index (Phi) is 14.8. The van der Waals surface area contributed by atoms with E-state index in [0.717, 1.165) is 38.5 Å². The average molecular weight is 758 g/mol. The van der Waals surface area contributed by atoms with Crippen LogP contribution in [0.15, 0.2) is 28.7 Å². The molecular formula is C41H60FN3O9. The van der Waals surface area contributed by atoms with E-state index in [1.807, 2.05) is 4.90 Å². The predicted molar refractivity (Wildman–Crippen MR) is 202 cm³/mol. The van der Waals surface area contributed by atoms with Crippen molar-refractivity contribution in [1.29, 1.82) is 0 Å². The van der Waals surface area contributed by atoms with Gasteiger partial charge >= 0.3 is 12.1 Å². The third kappa shape index (κ3) is 11.0. The lowest BCUT2D eigenvalue weighted by Crippen LogP contribution is -2.50. The number of carbonyl (C=O) groups is 4. The number of likely N-dealkylation sites (tertiary alicyclic amines) is 1. The summed E-state index contributed by atoms with van der Waals surface area (Å²) in [5, 5.41) is 6.63. The average Bonchev–Trinajstić information content (AvgIpc) is 3.79. The second kappa shape index (κ2) is 19.2. The molecule has 0 spiro atoms. The van der Waals surface area contributed by atoms with Gasteiger partial charge in [-0.15, -0.1) is 0 Å². The largest absolute Gasteiger partial charge is 0.460 e. The van der Waals surface area contributed by atoms with Crippen LogP contribution in [-0.4, -0.2) is 93.2 Å². The van der Waals surface area contributed by atoms with Crippen LogP contribution in [0.5, 0.6) is 0 Å². The highest BCUT2D eigenvalue weighted by Gasteiger charge is 2.47. The number of halogens is 1. The highest BCUT2D eigenvalue weighted by molar-refractivity contribution is 6.00. The van der Waals surface area contributed by atoms with E-state index in [9.17, 15) is 23.6 Å². The molecule has 2 saturated carbocycles. The second-order valence-electron chi connectivity index (χ2n) is 16.2. The molecule has 0 unspecified atom stereocenters. The highest BCUT2D eigenvalue weighted by Crippen LogP contribution is 2.42. The van der Waals surface area contributed by atoms with Gasteiger partial charge in [0.15, 0.2) is 0 Å². The Hall–Kier alpha value is -3.71. The molecule has 5 rings (SSSR count). The van der Waals surface area contributed by atoms with Gasteiger partial charge < -0.3 is 38.9 Å². The smallest absolute Gasteiger partial charge is 0.407 e. The molecule has 3 amide bonds. The summed E-state index contributed by atoms with van der Waals surface area (Å²) in [6.45, 7) is 6.17. The van der Waals surface area contributed by atoms with E-state index >= 15 is 0 Å².